The molecule has 1 saturated heterocycles. The summed E-state index contributed by atoms with van der Waals surface area (Å²) in [7, 11) is -0.181. The summed E-state index contributed by atoms with van der Waals surface area (Å²) in [5.74, 6) is 0. The van der Waals surface area contributed by atoms with Crippen LogP contribution in [0.1, 0.15) is 19.3 Å². The average molecular weight is 207 g/mol. The Morgan fingerprint density at radius 1 is 1.23 bits per heavy atom. The first-order valence-corrected chi connectivity index (χ1v) is 5.88. The van der Waals surface area contributed by atoms with Crippen LogP contribution >= 0.6 is 0 Å². The zero-order valence-corrected chi connectivity index (χ0v) is 8.97. The van der Waals surface area contributed by atoms with Crippen LogP contribution in [-0.4, -0.2) is 44.3 Å². The highest BCUT2D eigenvalue weighted by atomic mass is 32.2. The molecule has 5 nitrogen and oxygen atoms in total. The molecule has 1 heterocycles. The second kappa shape index (κ2) is 4.36. The van der Waals surface area contributed by atoms with E-state index in [1.54, 1.807) is 14.1 Å². The molecule has 0 unspecified atom stereocenters. The Balaban J connectivity index is 2.69. The fraction of sp³-hybridized carbons (Fsp3) is 1.00. The predicted molar refractivity (Wildman–Crippen MR) is 51.2 cm³/mol. The first-order valence-electron chi connectivity index (χ1n) is 4.49. The summed E-state index contributed by atoms with van der Waals surface area (Å²) in [4.78, 5) is 0. The molecule has 0 atom stereocenters. The molecule has 0 aromatic heterocycles. The topological polar surface area (TPSA) is 52.7 Å². The third-order valence-corrected chi connectivity index (χ3v) is 3.86. The Morgan fingerprint density at radius 3 is 2.54 bits per heavy atom. The summed E-state index contributed by atoms with van der Waals surface area (Å²) in [6.07, 6.45) is 3.06. The van der Waals surface area contributed by atoms with Crippen molar-refractivity contribution in [1.82, 2.24) is 14.1 Å². The Labute approximate surface area is 79.9 Å². The molecule has 0 bridgehead atoms. The monoisotopic (exact) mass is 207 g/mol. The van der Waals surface area contributed by atoms with E-state index in [1.165, 1.54) is 8.72 Å². The summed E-state index contributed by atoms with van der Waals surface area (Å²) < 4.78 is 25.8. The second-order valence-electron chi connectivity index (χ2n) is 3.33. The maximum Gasteiger partial charge on any atom is 0.294 e. The van der Waals surface area contributed by atoms with Crippen LogP contribution in [0.25, 0.3) is 0 Å². The zero-order chi connectivity index (χ0) is 9.90. The number of hydrogen-bond donors (Lipinski definition) is 1. The molecule has 0 aromatic carbocycles. The third-order valence-electron chi connectivity index (χ3n) is 2.07. The van der Waals surface area contributed by atoms with Crippen LogP contribution in [0.5, 0.6) is 0 Å². The van der Waals surface area contributed by atoms with Crippen LogP contribution in [0.15, 0.2) is 0 Å². The minimum atomic E-state index is -3.27. The van der Waals surface area contributed by atoms with E-state index in [1.807, 2.05) is 0 Å². The van der Waals surface area contributed by atoms with Crippen molar-refractivity contribution < 1.29 is 8.42 Å². The molecule has 0 aromatic rings. The molecule has 1 fully saturated rings. The molecule has 0 spiro atoms. The summed E-state index contributed by atoms with van der Waals surface area (Å²) in [6.45, 7) is 1.31. The van der Waals surface area contributed by atoms with Crippen molar-refractivity contribution >= 4 is 10.2 Å². The van der Waals surface area contributed by atoms with Gasteiger partial charge in [0, 0.05) is 27.2 Å². The summed E-state index contributed by atoms with van der Waals surface area (Å²) in [5.41, 5.74) is 2.91. The zero-order valence-electron chi connectivity index (χ0n) is 8.15. The molecule has 6 heteroatoms. The van der Waals surface area contributed by atoms with Crippen molar-refractivity contribution in [3.05, 3.63) is 0 Å². The van der Waals surface area contributed by atoms with E-state index in [9.17, 15) is 8.42 Å². The molecule has 0 amide bonds. The first-order chi connectivity index (χ1) is 6.05. The second-order valence-corrected chi connectivity index (χ2v) is 5.40. The molecule has 13 heavy (non-hydrogen) atoms. The summed E-state index contributed by atoms with van der Waals surface area (Å²) >= 11 is 0. The number of rotatable bonds is 2. The summed E-state index contributed by atoms with van der Waals surface area (Å²) in [6, 6.07) is 0. The predicted octanol–water partition coefficient (Wildman–Crippen LogP) is -0.217. The van der Waals surface area contributed by atoms with Crippen LogP contribution in [0.2, 0.25) is 0 Å². The Hall–Kier alpha value is -0.170. The van der Waals surface area contributed by atoms with Gasteiger partial charge in [-0.25, -0.2) is 5.43 Å². The third kappa shape index (κ3) is 2.63. The van der Waals surface area contributed by atoms with Gasteiger partial charge in [0.25, 0.3) is 10.2 Å². The van der Waals surface area contributed by atoms with Gasteiger partial charge in [-0.15, -0.1) is 4.41 Å². The van der Waals surface area contributed by atoms with Crippen molar-refractivity contribution in [3.8, 4) is 0 Å². The lowest BCUT2D eigenvalue weighted by atomic mass is 10.2. The van der Waals surface area contributed by atoms with E-state index >= 15 is 0 Å². The average Bonchev–Trinajstić information content (AvgIpc) is 2.31. The molecule has 1 aliphatic rings. The molecule has 78 valence electrons. The summed E-state index contributed by atoms with van der Waals surface area (Å²) in [5, 5.41) is 0. The van der Waals surface area contributed by atoms with Crippen molar-refractivity contribution in [2.75, 3.05) is 27.2 Å². The van der Waals surface area contributed by atoms with Crippen molar-refractivity contribution in [2.24, 2.45) is 0 Å². The van der Waals surface area contributed by atoms with Crippen molar-refractivity contribution in [1.29, 1.82) is 0 Å². The van der Waals surface area contributed by atoms with Gasteiger partial charge < -0.3 is 0 Å². The van der Waals surface area contributed by atoms with E-state index in [4.69, 9.17) is 0 Å². The number of hydrogen-bond acceptors (Lipinski definition) is 3. The molecule has 0 radical (unpaired) electrons. The van der Waals surface area contributed by atoms with Gasteiger partial charge in [-0.3, -0.25) is 0 Å². The van der Waals surface area contributed by atoms with Crippen molar-refractivity contribution in [2.45, 2.75) is 19.3 Å². The van der Waals surface area contributed by atoms with E-state index in [0.717, 1.165) is 25.8 Å². The first kappa shape index (κ1) is 10.9. The van der Waals surface area contributed by atoms with Gasteiger partial charge in [0.05, 0.1) is 0 Å². The van der Waals surface area contributed by atoms with Crippen LogP contribution < -0.4 is 5.43 Å². The van der Waals surface area contributed by atoms with Gasteiger partial charge in [-0.05, 0) is 12.8 Å². The minimum Gasteiger partial charge on any atom is -0.240 e. The Morgan fingerprint density at radius 2 is 1.92 bits per heavy atom. The van der Waals surface area contributed by atoms with E-state index < -0.39 is 10.2 Å². The van der Waals surface area contributed by atoms with E-state index in [2.05, 4.69) is 5.43 Å². The fourth-order valence-electron chi connectivity index (χ4n) is 1.23. The molecule has 1 aliphatic heterocycles. The molecular formula is C7H17N3O2S. The van der Waals surface area contributed by atoms with Gasteiger partial charge in [-0.2, -0.15) is 12.7 Å². The SMILES string of the molecule is CN(C)S(=O)(=O)N1CCCCCN1. The Bertz CT molecular complexity index is 242. The number of nitrogens with zero attached hydrogens (tertiary/aromatic N) is 2. The van der Waals surface area contributed by atoms with Gasteiger partial charge in [-0.1, -0.05) is 6.42 Å². The standard InChI is InChI=1S/C7H17N3O2S/c1-9(2)13(11,12)10-7-5-3-4-6-8-10/h8H,3-7H2,1-2H3. The molecule has 0 aliphatic carbocycles. The van der Waals surface area contributed by atoms with Crippen LogP contribution in [0, 0.1) is 0 Å². The van der Waals surface area contributed by atoms with Crippen LogP contribution in [0.4, 0.5) is 0 Å². The van der Waals surface area contributed by atoms with Gasteiger partial charge in [0.2, 0.25) is 0 Å². The van der Waals surface area contributed by atoms with Gasteiger partial charge >= 0.3 is 0 Å². The van der Waals surface area contributed by atoms with Gasteiger partial charge in [0.1, 0.15) is 0 Å². The quantitative estimate of drug-likeness (QED) is 0.681. The maximum atomic E-state index is 11.6. The normalized spacial score (nSPS) is 21.8. The lowest BCUT2D eigenvalue weighted by molar-refractivity contribution is 0.312. The lowest BCUT2D eigenvalue weighted by Gasteiger charge is -2.23. The minimum absolute atomic E-state index is 0.570. The van der Waals surface area contributed by atoms with Gasteiger partial charge in [0.15, 0.2) is 0 Å². The molecule has 1 N–H and O–H groups in total. The maximum absolute atomic E-state index is 11.6. The highest BCUT2D eigenvalue weighted by molar-refractivity contribution is 7.86. The van der Waals surface area contributed by atoms with Crippen LogP contribution in [0.3, 0.4) is 0 Å². The highest BCUT2D eigenvalue weighted by Gasteiger charge is 2.24. The molecular weight excluding hydrogens is 190 g/mol. The highest BCUT2D eigenvalue weighted by Crippen LogP contribution is 2.07. The van der Waals surface area contributed by atoms with E-state index in [-0.39, 0.29) is 0 Å². The van der Waals surface area contributed by atoms with E-state index in [0.29, 0.717) is 6.54 Å². The number of hydrazine groups is 1. The molecule has 0 saturated carbocycles. The fourth-order valence-corrected chi connectivity index (χ4v) is 2.24. The lowest BCUT2D eigenvalue weighted by Crippen LogP contribution is -2.47. The largest absolute Gasteiger partial charge is 0.294 e. The Kier molecular flexibility index (Phi) is 3.66. The molecule has 1 rings (SSSR count). The van der Waals surface area contributed by atoms with Crippen molar-refractivity contribution in [3.63, 3.8) is 0 Å². The smallest absolute Gasteiger partial charge is 0.240 e. The number of nitrogens with one attached hydrogen (secondary N) is 1. The van der Waals surface area contributed by atoms with Crippen LogP contribution in [-0.2, 0) is 10.2 Å².